The van der Waals surface area contributed by atoms with Gasteiger partial charge in [0.1, 0.15) is 6.54 Å². The van der Waals surface area contributed by atoms with E-state index in [1.807, 2.05) is 6.92 Å². The van der Waals surface area contributed by atoms with Crippen LogP contribution in [-0.2, 0) is 14.8 Å². The predicted molar refractivity (Wildman–Crippen MR) is 102 cm³/mol. The van der Waals surface area contributed by atoms with E-state index >= 15 is 0 Å². The lowest BCUT2D eigenvalue weighted by Crippen LogP contribution is -2.38. The van der Waals surface area contributed by atoms with Gasteiger partial charge in [0.05, 0.1) is 4.90 Å². The van der Waals surface area contributed by atoms with Crippen LogP contribution < -0.4 is 0 Å². The van der Waals surface area contributed by atoms with E-state index in [2.05, 4.69) is 0 Å². The number of aliphatic carboxylic acids is 1. The summed E-state index contributed by atoms with van der Waals surface area (Å²) in [6.07, 6.45) is 5.59. The van der Waals surface area contributed by atoms with Crippen LogP contribution in [0.1, 0.15) is 55.8 Å². The van der Waals surface area contributed by atoms with Crippen LogP contribution in [0.4, 0.5) is 0 Å². The molecule has 0 saturated heterocycles. The van der Waals surface area contributed by atoms with Gasteiger partial charge in [-0.3, -0.25) is 9.59 Å². The molecule has 27 heavy (non-hydrogen) atoms. The molecular formula is C19H28N2O5S. The van der Waals surface area contributed by atoms with Crippen molar-refractivity contribution in [1.29, 1.82) is 0 Å². The SMILES string of the molecule is CCCN(CC(=O)O)C(=O)c1ccc(S(=O)(=O)N(C)C2CCCCC2)cc1. The van der Waals surface area contributed by atoms with E-state index in [0.717, 1.165) is 32.1 Å². The molecule has 0 unspecified atom stereocenters. The number of carboxylic acid groups (broad SMARTS) is 1. The van der Waals surface area contributed by atoms with Crippen LogP contribution in [0.5, 0.6) is 0 Å². The zero-order valence-electron chi connectivity index (χ0n) is 15.9. The van der Waals surface area contributed by atoms with E-state index in [9.17, 15) is 18.0 Å². The van der Waals surface area contributed by atoms with Gasteiger partial charge in [0, 0.05) is 25.2 Å². The maximum atomic E-state index is 12.8. The zero-order chi connectivity index (χ0) is 20.0. The summed E-state index contributed by atoms with van der Waals surface area (Å²) in [5.74, 6) is -1.49. The molecule has 8 heteroatoms. The second kappa shape index (κ2) is 9.32. The first-order valence-corrected chi connectivity index (χ1v) is 10.8. The third kappa shape index (κ3) is 5.29. The first-order valence-electron chi connectivity index (χ1n) is 9.36. The van der Waals surface area contributed by atoms with Crippen LogP contribution in [-0.4, -0.2) is 60.8 Å². The molecule has 0 spiro atoms. The number of hydrogen-bond acceptors (Lipinski definition) is 4. The van der Waals surface area contributed by atoms with Gasteiger partial charge in [-0.1, -0.05) is 26.2 Å². The molecule has 1 aromatic rings. The number of sulfonamides is 1. The minimum atomic E-state index is -3.62. The number of rotatable bonds is 8. The van der Waals surface area contributed by atoms with Gasteiger partial charge in [0.2, 0.25) is 10.0 Å². The fourth-order valence-electron chi connectivity index (χ4n) is 3.44. The number of amides is 1. The summed E-state index contributed by atoms with van der Waals surface area (Å²) in [5, 5.41) is 8.96. The fourth-order valence-corrected chi connectivity index (χ4v) is 4.86. The Balaban J connectivity index is 2.17. The van der Waals surface area contributed by atoms with Gasteiger partial charge < -0.3 is 10.0 Å². The monoisotopic (exact) mass is 396 g/mol. The molecule has 1 amide bonds. The van der Waals surface area contributed by atoms with Crippen molar-refractivity contribution in [2.45, 2.75) is 56.4 Å². The fraction of sp³-hybridized carbons (Fsp3) is 0.579. The van der Waals surface area contributed by atoms with Gasteiger partial charge in [-0.25, -0.2) is 8.42 Å². The molecule has 0 atom stereocenters. The van der Waals surface area contributed by atoms with Crippen molar-refractivity contribution in [2.24, 2.45) is 0 Å². The van der Waals surface area contributed by atoms with Gasteiger partial charge in [-0.05, 0) is 43.5 Å². The van der Waals surface area contributed by atoms with Gasteiger partial charge in [0.15, 0.2) is 0 Å². The molecule has 1 fully saturated rings. The van der Waals surface area contributed by atoms with Crippen molar-refractivity contribution < 1.29 is 23.1 Å². The van der Waals surface area contributed by atoms with Gasteiger partial charge in [-0.15, -0.1) is 0 Å². The Bertz CT molecular complexity index is 755. The van der Waals surface area contributed by atoms with Crippen LogP contribution >= 0.6 is 0 Å². The van der Waals surface area contributed by atoms with Crippen molar-refractivity contribution in [3.8, 4) is 0 Å². The Labute approximate surface area is 161 Å². The maximum Gasteiger partial charge on any atom is 0.323 e. The van der Waals surface area contributed by atoms with Crippen LogP contribution in [0.25, 0.3) is 0 Å². The number of benzene rings is 1. The number of carbonyl (C=O) groups is 2. The normalized spacial score (nSPS) is 15.7. The number of nitrogens with zero attached hydrogens (tertiary/aromatic N) is 2. The standard InChI is InChI=1S/C19H28N2O5S/c1-3-13-21(14-18(22)23)19(24)15-9-11-17(12-10-15)27(25,26)20(2)16-7-5-4-6-8-16/h9-12,16H,3-8,13-14H2,1-2H3,(H,22,23). The molecule has 0 bridgehead atoms. The lowest BCUT2D eigenvalue weighted by atomic mass is 9.96. The van der Waals surface area contributed by atoms with Crippen molar-refractivity contribution in [3.63, 3.8) is 0 Å². The molecule has 2 rings (SSSR count). The van der Waals surface area contributed by atoms with Crippen molar-refractivity contribution in [2.75, 3.05) is 20.1 Å². The van der Waals surface area contributed by atoms with E-state index in [4.69, 9.17) is 5.11 Å². The number of hydrogen-bond donors (Lipinski definition) is 1. The predicted octanol–water partition coefficient (Wildman–Crippen LogP) is 2.58. The summed E-state index contributed by atoms with van der Waals surface area (Å²) in [5.41, 5.74) is 0.281. The minimum absolute atomic E-state index is 0.0145. The second-order valence-electron chi connectivity index (χ2n) is 6.96. The first kappa shape index (κ1) is 21.4. The maximum absolute atomic E-state index is 12.8. The summed E-state index contributed by atoms with van der Waals surface area (Å²) < 4.78 is 27.1. The van der Waals surface area contributed by atoms with E-state index in [-0.39, 0.29) is 23.0 Å². The smallest absolute Gasteiger partial charge is 0.323 e. The third-order valence-electron chi connectivity index (χ3n) is 4.97. The summed E-state index contributed by atoms with van der Waals surface area (Å²) in [7, 11) is -2.00. The number of carboxylic acids is 1. The lowest BCUT2D eigenvalue weighted by molar-refractivity contribution is -0.137. The molecule has 150 valence electrons. The molecule has 1 N–H and O–H groups in total. The average Bonchev–Trinajstić information content (AvgIpc) is 2.67. The third-order valence-corrected chi connectivity index (χ3v) is 6.90. The minimum Gasteiger partial charge on any atom is -0.480 e. The number of carbonyl (C=O) groups excluding carboxylic acids is 1. The summed E-state index contributed by atoms with van der Waals surface area (Å²) in [4.78, 5) is 24.9. The highest BCUT2D eigenvalue weighted by Gasteiger charge is 2.29. The van der Waals surface area contributed by atoms with Crippen LogP contribution in [0.3, 0.4) is 0 Å². The van der Waals surface area contributed by atoms with Crippen molar-refractivity contribution in [3.05, 3.63) is 29.8 Å². The molecule has 0 aliphatic heterocycles. The van der Waals surface area contributed by atoms with E-state index in [1.165, 1.54) is 33.5 Å². The second-order valence-corrected chi connectivity index (χ2v) is 8.96. The zero-order valence-corrected chi connectivity index (χ0v) is 16.7. The highest BCUT2D eigenvalue weighted by atomic mass is 32.2. The molecule has 0 radical (unpaired) electrons. The Morgan fingerprint density at radius 3 is 2.22 bits per heavy atom. The average molecular weight is 397 g/mol. The first-order chi connectivity index (χ1) is 12.8. The molecule has 0 aromatic heterocycles. The Kier molecular flexibility index (Phi) is 7.38. The highest BCUT2D eigenvalue weighted by molar-refractivity contribution is 7.89. The van der Waals surface area contributed by atoms with Crippen LogP contribution in [0, 0.1) is 0 Å². The Hall–Kier alpha value is -1.93. The Morgan fingerprint density at radius 1 is 1.11 bits per heavy atom. The molecule has 0 heterocycles. The van der Waals surface area contributed by atoms with Gasteiger partial charge in [-0.2, -0.15) is 4.31 Å². The van der Waals surface area contributed by atoms with E-state index < -0.39 is 21.9 Å². The van der Waals surface area contributed by atoms with Gasteiger partial charge in [0.25, 0.3) is 5.91 Å². The largest absolute Gasteiger partial charge is 0.480 e. The van der Waals surface area contributed by atoms with Gasteiger partial charge >= 0.3 is 5.97 Å². The molecule has 1 aromatic carbocycles. The van der Waals surface area contributed by atoms with Crippen LogP contribution in [0.2, 0.25) is 0 Å². The molecule has 1 saturated carbocycles. The Morgan fingerprint density at radius 2 is 1.70 bits per heavy atom. The lowest BCUT2D eigenvalue weighted by Gasteiger charge is -2.30. The van der Waals surface area contributed by atoms with Crippen molar-refractivity contribution in [1.82, 2.24) is 9.21 Å². The highest BCUT2D eigenvalue weighted by Crippen LogP contribution is 2.26. The quantitative estimate of drug-likeness (QED) is 0.729. The van der Waals surface area contributed by atoms with E-state index in [1.54, 1.807) is 7.05 Å². The summed E-state index contributed by atoms with van der Waals surface area (Å²) in [6.45, 7) is 1.81. The van der Waals surface area contributed by atoms with Crippen molar-refractivity contribution >= 4 is 21.9 Å². The summed E-state index contributed by atoms with van der Waals surface area (Å²) in [6, 6.07) is 5.77. The molecule has 1 aliphatic rings. The van der Waals surface area contributed by atoms with E-state index in [0.29, 0.717) is 13.0 Å². The topological polar surface area (TPSA) is 95.0 Å². The van der Waals surface area contributed by atoms with Crippen LogP contribution in [0.15, 0.2) is 29.2 Å². The summed E-state index contributed by atoms with van der Waals surface area (Å²) >= 11 is 0. The molecule has 7 nitrogen and oxygen atoms in total. The molecule has 1 aliphatic carbocycles. The molecular weight excluding hydrogens is 368 g/mol.